The first-order valence-corrected chi connectivity index (χ1v) is 7.87. The van der Waals surface area contributed by atoms with E-state index in [0.29, 0.717) is 18.5 Å². The van der Waals surface area contributed by atoms with Crippen LogP contribution in [-0.4, -0.2) is 24.4 Å². The molecule has 0 aromatic heterocycles. The highest BCUT2D eigenvalue weighted by Crippen LogP contribution is 2.32. The predicted molar refractivity (Wildman–Crippen MR) is 80.6 cm³/mol. The van der Waals surface area contributed by atoms with E-state index >= 15 is 0 Å². The first kappa shape index (κ1) is 14.3. The van der Waals surface area contributed by atoms with E-state index in [1.165, 1.54) is 23.3 Å². The topological polar surface area (TPSA) is 41.1 Å². The maximum Gasteiger partial charge on any atom is 0.315 e. The molecule has 104 valence electrons. The summed E-state index contributed by atoms with van der Waals surface area (Å²) in [6, 6.07) is 8.73. The van der Waals surface area contributed by atoms with E-state index in [2.05, 4.69) is 48.7 Å². The average Bonchev–Trinajstić information content (AvgIpc) is 3.21. The highest BCUT2D eigenvalue weighted by Gasteiger charge is 2.28. The van der Waals surface area contributed by atoms with Crippen LogP contribution < -0.4 is 10.6 Å². The van der Waals surface area contributed by atoms with Gasteiger partial charge in [-0.15, -0.1) is 11.8 Å². The molecule has 4 heteroatoms. The Bertz CT molecular complexity index is 415. The summed E-state index contributed by atoms with van der Waals surface area (Å²) in [6.07, 6.45) is 2.51. The summed E-state index contributed by atoms with van der Waals surface area (Å²) in [5, 5.41) is 5.90. The largest absolute Gasteiger partial charge is 0.337 e. The van der Waals surface area contributed by atoms with Gasteiger partial charge in [0, 0.05) is 23.2 Å². The van der Waals surface area contributed by atoms with Gasteiger partial charge in [0.15, 0.2) is 0 Å². The van der Waals surface area contributed by atoms with Gasteiger partial charge < -0.3 is 10.6 Å². The van der Waals surface area contributed by atoms with Crippen molar-refractivity contribution in [2.24, 2.45) is 5.92 Å². The van der Waals surface area contributed by atoms with E-state index in [1.807, 2.05) is 0 Å². The summed E-state index contributed by atoms with van der Waals surface area (Å²) in [7, 11) is 0. The Morgan fingerprint density at radius 1 is 1.37 bits per heavy atom. The molecule has 0 saturated heterocycles. The lowest BCUT2D eigenvalue weighted by Gasteiger charge is -2.13. The Balaban J connectivity index is 1.58. The van der Waals surface area contributed by atoms with Crippen LogP contribution >= 0.6 is 11.8 Å². The monoisotopic (exact) mass is 278 g/mol. The molecule has 2 N–H and O–H groups in total. The van der Waals surface area contributed by atoms with Crippen molar-refractivity contribution in [3.05, 3.63) is 29.8 Å². The van der Waals surface area contributed by atoms with Gasteiger partial charge in [-0.05, 0) is 44.7 Å². The lowest BCUT2D eigenvalue weighted by Crippen LogP contribution is -2.42. The summed E-state index contributed by atoms with van der Waals surface area (Å²) in [5.41, 5.74) is 1.27. The molecule has 1 saturated carbocycles. The van der Waals surface area contributed by atoms with Crippen molar-refractivity contribution >= 4 is 17.8 Å². The average molecular weight is 278 g/mol. The van der Waals surface area contributed by atoms with Gasteiger partial charge in [-0.25, -0.2) is 4.79 Å². The molecule has 1 atom stereocenters. The van der Waals surface area contributed by atoms with E-state index in [4.69, 9.17) is 0 Å². The van der Waals surface area contributed by atoms with Crippen LogP contribution in [0.25, 0.3) is 0 Å². The molecule has 1 fully saturated rings. The fourth-order valence-corrected chi connectivity index (χ4v) is 2.71. The number of rotatable bonds is 6. The molecule has 0 aliphatic heterocycles. The molecule has 0 heterocycles. The molecule has 3 nitrogen and oxygen atoms in total. The van der Waals surface area contributed by atoms with E-state index in [0.717, 1.165) is 5.75 Å². The molecule has 1 aliphatic rings. The second kappa shape index (κ2) is 6.85. The molecule has 0 unspecified atom stereocenters. The van der Waals surface area contributed by atoms with Crippen LogP contribution in [0.15, 0.2) is 29.2 Å². The highest BCUT2D eigenvalue weighted by molar-refractivity contribution is 7.99. The maximum atomic E-state index is 11.6. The van der Waals surface area contributed by atoms with E-state index < -0.39 is 0 Å². The van der Waals surface area contributed by atoms with Crippen LogP contribution in [0.4, 0.5) is 4.79 Å². The first-order chi connectivity index (χ1) is 9.15. The van der Waals surface area contributed by atoms with Crippen LogP contribution in [0.2, 0.25) is 0 Å². The summed E-state index contributed by atoms with van der Waals surface area (Å²) < 4.78 is 0. The number of hydrogen-bond donors (Lipinski definition) is 2. The molecular formula is C15H22N2OS. The standard InChI is InChI=1S/C15H22N2OS/c1-11-3-7-14(8-4-11)19-10-9-16-15(18)17-12(2)13-5-6-13/h3-4,7-8,12-13H,5-6,9-10H2,1-2H3,(H2,16,17,18)/t12-/m0/s1. The Kier molecular flexibility index (Phi) is 5.14. The van der Waals surface area contributed by atoms with Crippen molar-refractivity contribution in [2.45, 2.75) is 37.6 Å². The summed E-state index contributed by atoms with van der Waals surface area (Å²) >= 11 is 1.77. The second-order valence-corrected chi connectivity index (χ2v) is 6.36. The van der Waals surface area contributed by atoms with Gasteiger partial charge in [0.1, 0.15) is 0 Å². The minimum Gasteiger partial charge on any atom is -0.337 e. The van der Waals surface area contributed by atoms with Gasteiger partial charge in [0.2, 0.25) is 0 Å². The SMILES string of the molecule is Cc1ccc(SCCNC(=O)N[C@@H](C)C2CC2)cc1. The van der Waals surface area contributed by atoms with Crippen molar-refractivity contribution < 1.29 is 4.79 Å². The Morgan fingerprint density at radius 3 is 2.68 bits per heavy atom. The van der Waals surface area contributed by atoms with E-state index in [9.17, 15) is 4.79 Å². The van der Waals surface area contributed by atoms with Gasteiger partial charge in [-0.2, -0.15) is 0 Å². The van der Waals surface area contributed by atoms with Crippen molar-refractivity contribution in [3.8, 4) is 0 Å². The zero-order valence-corrected chi connectivity index (χ0v) is 12.4. The van der Waals surface area contributed by atoms with Crippen molar-refractivity contribution in [1.82, 2.24) is 10.6 Å². The smallest absolute Gasteiger partial charge is 0.315 e. The number of urea groups is 1. The minimum atomic E-state index is -0.0380. The summed E-state index contributed by atoms with van der Waals surface area (Å²) in [4.78, 5) is 12.9. The third-order valence-electron chi connectivity index (χ3n) is 3.37. The molecule has 2 rings (SSSR count). The summed E-state index contributed by atoms with van der Waals surface area (Å²) in [5.74, 6) is 1.60. The third kappa shape index (κ3) is 5.15. The van der Waals surface area contributed by atoms with Crippen LogP contribution in [0.5, 0.6) is 0 Å². The number of aryl methyl sites for hydroxylation is 1. The number of carbonyl (C=O) groups is 1. The molecule has 1 aromatic rings. The van der Waals surface area contributed by atoms with Gasteiger partial charge in [-0.3, -0.25) is 0 Å². The lowest BCUT2D eigenvalue weighted by molar-refractivity contribution is 0.237. The van der Waals surface area contributed by atoms with E-state index in [-0.39, 0.29) is 6.03 Å². The molecule has 1 aromatic carbocycles. The van der Waals surface area contributed by atoms with E-state index in [1.54, 1.807) is 11.8 Å². The molecule has 0 radical (unpaired) electrons. The van der Waals surface area contributed by atoms with Crippen LogP contribution in [0, 0.1) is 12.8 Å². The Labute approximate surface area is 119 Å². The van der Waals surface area contributed by atoms with Crippen molar-refractivity contribution in [3.63, 3.8) is 0 Å². The predicted octanol–water partition coefficient (Wildman–Crippen LogP) is 3.18. The van der Waals surface area contributed by atoms with Crippen LogP contribution in [-0.2, 0) is 0 Å². The molecule has 19 heavy (non-hydrogen) atoms. The maximum absolute atomic E-state index is 11.6. The van der Waals surface area contributed by atoms with Crippen LogP contribution in [0.3, 0.4) is 0 Å². The molecule has 0 spiro atoms. The van der Waals surface area contributed by atoms with Gasteiger partial charge in [0.05, 0.1) is 0 Å². The number of hydrogen-bond acceptors (Lipinski definition) is 2. The molecule has 1 aliphatic carbocycles. The zero-order chi connectivity index (χ0) is 13.7. The number of benzene rings is 1. The zero-order valence-electron chi connectivity index (χ0n) is 11.6. The first-order valence-electron chi connectivity index (χ1n) is 6.89. The number of amides is 2. The quantitative estimate of drug-likeness (QED) is 0.620. The fourth-order valence-electron chi connectivity index (χ4n) is 1.94. The molecule has 0 bridgehead atoms. The summed E-state index contributed by atoms with van der Waals surface area (Å²) in [6.45, 7) is 4.86. The number of thioether (sulfide) groups is 1. The number of carbonyl (C=O) groups excluding carboxylic acids is 1. The Morgan fingerprint density at radius 2 is 2.05 bits per heavy atom. The van der Waals surface area contributed by atoms with Gasteiger partial charge in [-0.1, -0.05) is 17.7 Å². The molecular weight excluding hydrogens is 256 g/mol. The highest BCUT2D eigenvalue weighted by atomic mass is 32.2. The third-order valence-corrected chi connectivity index (χ3v) is 4.38. The van der Waals surface area contributed by atoms with Crippen molar-refractivity contribution in [1.29, 1.82) is 0 Å². The second-order valence-electron chi connectivity index (χ2n) is 5.19. The lowest BCUT2D eigenvalue weighted by atomic mass is 10.2. The van der Waals surface area contributed by atoms with Gasteiger partial charge >= 0.3 is 6.03 Å². The van der Waals surface area contributed by atoms with Crippen LogP contribution in [0.1, 0.15) is 25.3 Å². The Hall–Kier alpha value is -1.16. The minimum absolute atomic E-state index is 0.0380. The van der Waals surface area contributed by atoms with Crippen molar-refractivity contribution in [2.75, 3.05) is 12.3 Å². The fraction of sp³-hybridized carbons (Fsp3) is 0.533. The normalized spacial score (nSPS) is 15.9. The molecule has 2 amide bonds. The number of nitrogens with one attached hydrogen (secondary N) is 2. The van der Waals surface area contributed by atoms with Gasteiger partial charge in [0.25, 0.3) is 0 Å².